The van der Waals surface area contributed by atoms with Crippen molar-refractivity contribution in [3.05, 3.63) is 65.5 Å². The van der Waals surface area contributed by atoms with Gasteiger partial charge in [0.15, 0.2) is 0 Å². The summed E-state index contributed by atoms with van der Waals surface area (Å²) in [6, 6.07) is 12.2. The van der Waals surface area contributed by atoms with Crippen LogP contribution in [0.15, 0.2) is 42.5 Å². The van der Waals surface area contributed by atoms with Crippen LogP contribution in [0, 0.1) is 12.7 Å². The fourth-order valence-electron chi connectivity index (χ4n) is 3.92. The molecule has 0 radical (unpaired) electrons. The van der Waals surface area contributed by atoms with Crippen molar-refractivity contribution in [3.8, 4) is 5.69 Å². The highest BCUT2D eigenvalue weighted by molar-refractivity contribution is 6.01. The first kappa shape index (κ1) is 29.6. The van der Waals surface area contributed by atoms with Gasteiger partial charge < -0.3 is 20.2 Å². The van der Waals surface area contributed by atoms with E-state index in [0.29, 0.717) is 11.5 Å². The molecular formula is C26H30F4N6O3. The van der Waals surface area contributed by atoms with Gasteiger partial charge in [0.05, 0.1) is 0 Å². The molecule has 1 fully saturated rings. The van der Waals surface area contributed by atoms with Crippen LogP contribution in [0.3, 0.4) is 0 Å². The fourth-order valence-corrected chi connectivity index (χ4v) is 3.92. The summed E-state index contributed by atoms with van der Waals surface area (Å²) < 4.78 is 47.5. The Hall–Kier alpha value is -4.00. The molecular weight excluding hydrogens is 520 g/mol. The van der Waals surface area contributed by atoms with Crippen LogP contribution in [0.2, 0.25) is 0 Å². The van der Waals surface area contributed by atoms with Gasteiger partial charge in [0.25, 0.3) is 5.91 Å². The monoisotopic (exact) mass is 550 g/mol. The zero-order valence-electron chi connectivity index (χ0n) is 22.0. The third-order valence-electron chi connectivity index (χ3n) is 5.97. The summed E-state index contributed by atoms with van der Waals surface area (Å²) in [6.07, 6.45) is -5.08. The van der Waals surface area contributed by atoms with E-state index in [9.17, 15) is 22.4 Å². The number of aromatic nitrogens is 3. The van der Waals surface area contributed by atoms with E-state index in [4.69, 9.17) is 9.90 Å². The molecule has 39 heavy (non-hydrogen) atoms. The highest BCUT2D eigenvalue weighted by Gasteiger charge is 2.38. The molecule has 1 aromatic heterocycles. The summed E-state index contributed by atoms with van der Waals surface area (Å²) >= 11 is 0. The largest absolute Gasteiger partial charge is 0.490 e. The number of amides is 1. The number of benzene rings is 2. The van der Waals surface area contributed by atoms with Crippen LogP contribution in [0.25, 0.3) is 5.69 Å². The first-order chi connectivity index (χ1) is 18.3. The quantitative estimate of drug-likeness (QED) is 0.452. The first-order valence-electron chi connectivity index (χ1n) is 12.2. The molecule has 0 saturated carbocycles. The summed E-state index contributed by atoms with van der Waals surface area (Å²) in [6.45, 7) is 9.95. The van der Waals surface area contributed by atoms with E-state index in [1.807, 2.05) is 39.0 Å². The van der Waals surface area contributed by atoms with E-state index in [-0.39, 0.29) is 17.4 Å². The number of carboxylic acids is 1. The molecule has 2 heterocycles. The molecule has 13 heteroatoms. The lowest BCUT2D eigenvalue weighted by atomic mass is 10.1. The third-order valence-corrected chi connectivity index (χ3v) is 5.97. The SMILES string of the molecule is Cc1cc(NC(=O)c2nc(C(C)C)n(-c3ccccc3F)n2)ccc1N1CCN(C)CC1.O=C(O)C(F)(F)F. The number of hydrogen-bond acceptors (Lipinski definition) is 6. The molecule has 0 bridgehead atoms. The maximum Gasteiger partial charge on any atom is 0.490 e. The van der Waals surface area contributed by atoms with Crippen molar-refractivity contribution in [3.63, 3.8) is 0 Å². The minimum absolute atomic E-state index is 0.0118. The molecule has 1 saturated heterocycles. The van der Waals surface area contributed by atoms with E-state index in [1.54, 1.807) is 18.2 Å². The number of carboxylic acid groups (broad SMARTS) is 1. The Labute approximate surface area is 223 Å². The van der Waals surface area contributed by atoms with Gasteiger partial charge in [-0.2, -0.15) is 13.2 Å². The van der Waals surface area contributed by atoms with Gasteiger partial charge >= 0.3 is 12.1 Å². The van der Waals surface area contributed by atoms with Crippen molar-refractivity contribution < 1.29 is 32.3 Å². The normalized spacial score (nSPS) is 14.1. The molecule has 0 spiro atoms. The molecule has 3 aromatic rings. The topological polar surface area (TPSA) is 104 Å². The predicted octanol–water partition coefficient (Wildman–Crippen LogP) is 4.48. The highest BCUT2D eigenvalue weighted by Crippen LogP contribution is 2.25. The van der Waals surface area contributed by atoms with E-state index >= 15 is 0 Å². The summed E-state index contributed by atoms with van der Waals surface area (Å²) in [4.78, 5) is 30.9. The number of piperazine rings is 1. The number of alkyl halides is 3. The molecule has 4 rings (SSSR count). The van der Waals surface area contributed by atoms with Gasteiger partial charge in [-0.3, -0.25) is 4.79 Å². The maximum absolute atomic E-state index is 14.3. The zero-order valence-corrected chi connectivity index (χ0v) is 22.0. The van der Waals surface area contributed by atoms with Gasteiger partial charge in [0, 0.05) is 43.5 Å². The van der Waals surface area contributed by atoms with Gasteiger partial charge in [-0.1, -0.05) is 26.0 Å². The average molecular weight is 551 g/mol. The zero-order chi connectivity index (χ0) is 28.9. The van der Waals surface area contributed by atoms with E-state index in [1.165, 1.54) is 16.4 Å². The standard InChI is InChI=1S/C24H29FN6O.C2HF3O2/c1-16(2)23-27-22(28-31(23)21-8-6-5-7-19(21)25)24(32)26-18-9-10-20(17(3)15-18)30-13-11-29(4)12-14-30;3-2(4,5)1(6)7/h5-10,15-16H,11-14H2,1-4H3,(H,26,32);(H,6,7). The summed E-state index contributed by atoms with van der Waals surface area (Å²) in [5, 5.41) is 14.3. The van der Waals surface area contributed by atoms with Gasteiger partial charge in [0.1, 0.15) is 17.3 Å². The summed E-state index contributed by atoms with van der Waals surface area (Å²) in [7, 11) is 2.13. The van der Waals surface area contributed by atoms with Crippen molar-refractivity contribution >= 4 is 23.3 Å². The first-order valence-corrected chi connectivity index (χ1v) is 12.2. The number of halogens is 4. The molecule has 2 N–H and O–H groups in total. The number of carbonyl (C=O) groups excluding carboxylic acids is 1. The van der Waals surface area contributed by atoms with Gasteiger partial charge in [-0.15, -0.1) is 5.10 Å². The summed E-state index contributed by atoms with van der Waals surface area (Å²) in [5.41, 5.74) is 3.23. The third kappa shape index (κ3) is 7.53. The highest BCUT2D eigenvalue weighted by atomic mass is 19.4. The van der Waals surface area contributed by atoms with Crippen molar-refractivity contribution in [1.82, 2.24) is 19.7 Å². The minimum atomic E-state index is -5.08. The Morgan fingerprint density at radius 1 is 1.03 bits per heavy atom. The number of aliphatic carboxylic acids is 1. The van der Waals surface area contributed by atoms with Crippen molar-refractivity contribution in [2.75, 3.05) is 43.4 Å². The number of likely N-dealkylation sites (N-methyl/N-ethyl adjacent to an activating group) is 1. The van der Waals surface area contributed by atoms with Crippen LogP contribution in [0.1, 0.15) is 41.8 Å². The number of nitrogens with one attached hydrogen (secondary N) is 1. The van der Waals surface area contributed by atoms with E-state index in [2.05, 4.69) is 32.2 Å². The van der Waals surface area contributed by atoms with Crippen LogP contribution in [0.5, 0.6) is 0 Å². The van der Waals surface area contributed by atoms with Gasteiger partial charge in [0.2, 0.25) is 5.82 Å². The lowest BCUT2D eigenvalue weighted by Crippen LogP contribution is -2.44. The van der Waals surface area contributed by atoms with Crippen LogP contribution >= 0.6 is 0 Å². The number of anilines is 2. The second-order valence-corrected chi connectivity index (χ2v) is 9.36. The fraction of sp³-hybridized carbons (Fsp3) is 0.385. The summed E-state index contributed by atoms with van der Waals surface area (Å²) in [5.74, 6) is -3.09. The average Bonchev–Trinajstić information content (AvgIpc) is 3.31. The molecule has 9 nitrogen and oxygen atoms in total. The number of aryl methyl sites for hydroxylation is 1. The Bertz CT molecular complexity index is 1320. The van der Waals surface area contributed by atoms with Crippen LogP contribution in [0.4, 0.5) is 28.9 Å². The molecule has 0 unspecified atom stereocenters. The minimum Gasteiger partial charge on any atom is -0.475 e. The Kier molecular flexibility index (Phi) is 9.28. The predicted molar refractivity (Wildman–Crippen MR) is 138 cm³/mol. The van der Waals surface area contributed by atoms with E-state index < -0.39 is 23.9 Å². The van der Waals surface area contributed by atoms with Crippen LogP contribution in [-0.2, 0) is 4.79 Å². The van der Waals surface area contributed by atoms with Gasteiger partial charge in [-0.05, 0) is 49.9 Å². The van der Waals surface area contributed by atoms with Crippen molar-refractivity contribution in [2.45, 2.75) is 32.9 Å². The number of carbonyl (C=O) groups is 2. The second kappa shape index (κ2) is 12.2. The number of hydrogen-bond donors (Lipinski definition) is 2. The van der Waals surface area contributed by atoms with E-state index in [0.717, 1.165) is 31.7 Å². The number of nitrogens with zero attached hydrogens (tertiary/aromatic N) is 5. The lowest BCUT2D eigenvalue weighted by Gasteiger charge is -2.35. The number of para-hydroxylation sites is 1. The molecule has 1 aliphatic heterocycles. The van der Waals surface area contributed by atoms with Gasteiger partial charge in [-0.25, -0.2) is 18.9 Å². The maximum atomic E-state index is 14.3. The molecule has 0 aliphatic carbocycles. The van der Waals surface area contributed by atoms with Crippen LogP contribution < -0.4 is 10.2 Å². The second-order valence-electron chi connectivity index (χ2n) is 9.36. The number of rotatable bonds is 5. The Balaban J connectivity index is 0.000000532. The van der Waals surface area contributed by atoms with Crippen molar-refractivity contribution in [2.24, 2.45) is 0 Å². The molecule has 0 atom stereocenters. The lowest BCUT2D eigenvalue weighted by molar-refractivity contribution is -0.192. The molecule has 1 aliphatic rings. The smallest absolute Gasteiger partial charge is 0.475 e. The molecule has 210 valence electrons. The van der Waals surface area contributed by atoms with Crippen molar-refractivity contribution in [1.29, 1.82) is 0 Å². The Morgan fingerprint density at radius 2 is 1.64 bits per heavy atom. The Morgan fingerprint density at radius 3 is 2.18 bits per heavy atom. The molecule has 2 aromatic carbocycles. The molecule has 1 amide bonds. The van der Waals surface area contributed by atoms with Crippen LogP contribution in [-0.4, -0.2) is 76.1 Å².